The molecule has 3 rings (SSSR count). The first-order valence-electron chi connectivity index (χ1n) is 7.18. The Hall–Kier alpha value is -2.08. The van der Waals surface area contributed by atoms with Crippen molar-refractivity contribution in [3.05, 3.63) is 46.5 Å². The van der Waals surface area contributed by atoms with E-state index in [0.29, 0.717) is 17.8 Å². The molecule has 2 bridgehead atoms. The molecule has 0 aliphatic heterocycles. The van der Waals surface area contributed by atoms with Crippen molar-refractivity contribution in [3.63, 3.8) is 0 Å². The van der Waals surface area contributed by atoms with E-state index in [0.717, 1.165) is 19.3 Å². The topological polar surface area (TPSA) is 50.1 Å². The van der Waals surface area contributed by atoms with Crippen LogP contribution in [0.5, 0.6) is 0 Å². The summed E-state index contributed by atoms with van der Waals surface area (Å²) in [6, 6.07) is 10.4. The zero-order valence-electron chi connectivity index (χ0n) is 11.6. The molecule has 2 aliphatic carbocycles. The third-order valence-corrected chi connectivity index (χ3v) is 4.28. The highest BCUT2D eigenvalue weighted by molar-refractivity contribution is 5.94. The molecule has 0 fully saturated rings. The van der Waals surface area contributed by atoms with Gasteiger partial charge in [-0.1, -0.05) is 37.6 Å². The number of ether oxygens (including phenoxy) is 1. The van der Waals surface area contributed by atoms with Gasteiger partial charge in [0.1, 0.15) is 0 Å². The van der Waals surface area contributed by atoms with E-state index in [1.54, 1.807) is 0 Å². The van der Waals surface area contributed by atoms with Crippen LogP contribution >= 0.6 is 0 Å². The summed E-state index contributed by atoms with van der Waals surface area (Å²) in [7, 11) is 0. The molecule has 0 amide bonds. The fourth-order valence-electron chi connectivity index (χ4n) is 3.33. The Morgan fingerprint density at radius 3 is 2.70 bits per heavy atom. The molecule has 0 N–H and O–H groups in total. The summed E-state index contributed by atoms with van der Waals surface area (Å²) >= 11 is 0. The SMILES string of the molecule is CCCCOC(=O)C1=C(C#N)[C@@H]2C[C@H]1c1ccccc12. The van der Waals surface area contributed by atoms with Crippen molar-refractivity contribution < 1.29 is 9.53 Å². The fourth-order valence-corrected chi connectivity index (χ4v) is 3.33. The van der Waals surface area contributed by atoms with Crippen LogP contribution in [0.3, 0.4) is 0 Å². The number of esters is 1. The fraction of sp³-hybridized carbons (Fsp3) is 0.412. The van der Waals surface area contributed by atoms with E-state index in [1.165, 1.54) is 11.1 Å². The van der Waals surface area contributed by atoms with Gasteiger partial charge in [0.25, 0.3) is 0 Å². The number of rotatable bonds is 4. The average molecular weight is 267 g/mol. The molecular weight excluding hydrogens is 250 g/mol. The molecule has 0 unspecified atom stereocenters. The Kier molecular flexibility index (Phi) is 3.31. The minimum Gasteiger partial charge on any atom is -0.462 e. The molecule has 102 valence electrons. The maximum atomic E-state index is 12.3. The van der Waals surface area contributed by atoms with Crippen LogP contribution in [0.15, 0.2) is 35.4 Å². The third kappa shape index (κ3) is 1.84. The van der Waals surface area contributed by atoms with Crippen molar-refractivity contribution in [1.82, 2.24) is 0 Å². The van der Waals surface area contributed by atoms with E-state index >= 15 is 0 Å². The lowest BCUT2D eigenvalue weighted by Crippen LogP contribution is -2.16. The van der Waals surface area contributed by atoms with Crippen molar-refractivity contribution in [2.45, 2.75) is 38.0 Å². The third-order valence-electron chi connectivity index (χ3n) is 4.28. The molecule has 2 atom stereocenters. The quantitative estimate of drug-likeness (QED) is 0.620. The van der Waals surface area contributed by atoms with Crippen molar-refractivity contribution in [1.29, 1.82) is 5.26 Å². The van der Waals surface area contributed by atoms with Crippen LogP contribution < -0.4 is 0 Å². The van der Waals surface area contributed by atoms with E-state index in [2.05, 4.69) is 25.1 Å². The highest BCUT2D eigenvalue weighted by Crippen LogP contribution is 2.56. The Balaban J connectivity index is 1.90. The molecule has 1 aromatic rings. The predicted molar refractivity (Wildman–Crippen MR) is 75.0 cm³/mol. The number of unbranched alkanes of at least 4 members (excludes halogenated alkanes) is 1. The summed E-state index contributed by atoms with van der Waals surface area (Å²) < 4.78 is 5.32. The molecule has 3 nitrogen and oxygen atoms in total. The molecule has 0 saturated heterocycles. The van der Waals surface area contributed by atoms with E-state index in [4.69, 9.17) is 4.74 Å². The number of benzene rings is 1. The number of hydrogen-bond donors (Lipinski definition) is 0. The van der Waals surface area contributed by atoms with Crippen molar-refractivity contribution in [2.75, 3.05) is 6.61 Å². The Morgan fingerprint density at radius 1 is 1.35 bits per heavy atom. The molecule has 0 radical (unpaired) electrons. The number of nitriles is 1. The number of fused-ring (bicyclic) bond motifs is 5. The van der Waals surface area contributed by atoms with E-state index < -0.39 is 0 Å². The zero-order chi connectivity index (χ0) is 14.1. The van der Waals surface area contributed by atoms with E-state index in [-0.39, 0.29) is 17.8 Å². The predicted octanol–water partition coefficient (Wildman–Crippen LogP) is 3.43. The number of carbonyl (C=O) groups excluding carboxylic acids is 1. The molecule has 2 aliphatic rings. The van der Waals surface area contributed by atoms with Gasteiger partial charge in [-0.15, -0.1) is 0 Å². The normalized spacial score (nSPS) is 22.6. The monoisotopic (exact) mass is 267 g/mol. The summed E-state index contributed by atoms with van der Waals surface area (Å²) in [5.74, 6) is -0.146. The zero-order valence-corrected chi connectivity index (χ0v) is 11.6. The van der Waals surface area contributed by atoms with Gasteiger partial charge >= 0.3 is 5.97 Å². The van der Waals surface area contributed by atoms with Crippen molar-refractivity contribution in [2.24, 2.45) is 0 Å². The maximum Gasteiger partial charge on any atom is 0.335 e. The summed E-state index contributed by atoms with van der Waals surface area (Å²) in [6.07, 6.45) is 2.71. The molecule has 20 heavy (non-hydrogen) atoms. The lowest BCUT2D eigenvalue weighted by molar-refractivity contribution is -0.139. The Bertz CT molecular complexity index is 624. The van der Waals surface area contributed by atoms with Gasteiger partial charge in [-0.25, -0.2) is 4.79 Å². The molecule has 1 aromatic carbocycles. The van der Waals surface area contributed by atoms with Gasteiger partial charge in [0.2, 0.25) is 0 Å². The molecule has 3 heteroatoms. The van der Waals surface area contributed by atoms with Crippen LogP contribution in [0.4, 0.5) is 0 Å². The average Bonchev–Trinajstić information content (AvgIpc) is 3.03. The standard InChI is InChI=1S/C17H17NO2/c1-2-3-8-20-17(19)16-14-9-13(15(16)10-18)11-6-4-5-7-12(11)14/h4-7,13-14H,2-3,8-9H2,1H3/t13-,14+/m1/s1. The second-order valence-electron chi connectivity index (χ2n) is 5.40. The first-order chi connectivity index (χ1) is 9.77. The van der Waals surface area contributed by atoms with Crippen LogP contribution in [-0.4, -0.2) is 12.6 Å². The van der Waals surface area contributed by atoms with E-state index in [1.807, 2.05) is 12.1 Å². The summed E-state index contributed by atoms with van der Waals surface area (Å²) in [4.78, 5) is 12.3. The van der Waals surface area contributed by atoms with Gasteiger partial charge in [-0.3, -0.25) is 0 Å². The second kappa shape index (κ2) is 5.13. The summed E-state index contributed by atoms with van der Waals surface area (Å²) in [5, 5.41) is 9.39. The van der Waals surface area contributed by atoms with Crippen LogP contribution in [0, 0.1) is 11.3 Å². The number of hydrogen-bond acceptors (Lipinski definition) is 3. The number of allylic oxidation sites excluding steroid dienone is 1. The van der Waals surface area contributed by atoms with Gasteiger partial charge in [-0.05, 0) is 24.0 Å². The Labute approximate surface area is 118 Å². The molecule has 0 aromatic heterocycles. The smallest absolute Gasteiger partial charge is 0.335 e. The molecule has 0 saturated carbocycles. The van der Waals surface area contributed by atoms with Gasteiger partial charge in [0.15, 0.2) is 0 Å². The Morgan fingerprint density at radius 2 is 2.05 bits per heavy atom. The van der Waals surface area contributed by atoms with Crippen molar-refractivity contribution >= 4 is 5.97 Å². The highest BCUT2D eigenvalue weighted by Gasteiger charge is 2.46. The highest BCUT2D eigenvalue weighted by atomic mass is 16.5. The van der Waals surface area contributed by atoms with Crippen molar-refractivity contribution in [3.8, 4) is 6.07 Å². The molecule has 0 spiro atoms. The number of nitrogens with zero attached hydrogens (tertiary/aromatic N) is 1. The van der Waals surface area contributed by atoms with Gasteiger partial charge < -0.3 is 4.74 Å². The summed E-state index contributed by atoms with van der Waals surface area (Å²) in [6.45, 7) is 2.50. The molecular formula is C17H17NO2. The number of carbonyl (C=O) groups is 1. The minimum atomic E-state index is -0.294. The minimum absolute atomic E-state index is 0.0555. The first-order valence-corrected chi connectivity index (χ1v) is 7.18. The van der Waals surface area contributed by atoms with Crippen LogP contribution in [0.1, 0.15) is 49.1 Å². The van der Waals surface area contributed by atoms with Crippen LogP contribution in [0.25, 0.3) is 0 Å². The van der Waals surface area contributed by atoms with E-state index in [9.17, 15) is 10.1 Å². The largest absolute Gasteiger partial charge is 0.462 e. The van der Waals surface area contributed by atoms with Gasteiger partial charge in [-0.2, -0.15) is 5.26 Å². The van der Waals surface area contributed by atoms with Crippen LogP contribution in [0.2, 0.25) is 0 Å². The maximum absolute atomic E-state index is 12.3. The second-order valence-corrected chi connectivity index (χ2v) is 5.40. The van der Waals surface area contributed by atoms with Gasteiger partial charge in [0, 0.05) is 17.4 Å². The lowest BCUT2D eigenvalue weighted by Gasteiger charge is -2.18. The van der Waals surface area contributed by atoms with Gasteiger partial charge in [0.05, 0.1) is 18.2 Å². The van der Waals surface area contributed by atoms with Crippen LogP contribution in [-0.2, 0) is 9.53 Å². The first kappa shape index (κ1) is 12.9. The molecule has 0 heterocycles. The summed E-state index contributed by atoms with van der Waals surface area (Å²) in [5.41, 5.74) is 3.63. The lowest BCUT2D eigenvalue weighted by atomic mass is 9.86.